The Morgan fingerprint density at radius 1 is 1.33 bits per heavy atom. The molecule has 0 amide bonds. The summed E-state index contributed by atoms with van der Waals surface area (Å²) < 4.78 is 13.1. The Balaban J connectivity index is 2.03. The van der Waals surface area contributed by atoms with E-state index in [1.807, 2.05) is 34.9 Å². The van der Waals surface area contributed by atoms with Gasteiger partial charge in [-0.3, -0.25) is 9.67 Å². The molecule has 0 saturated heterocycles. The van der Waals surface area contributed by atoms with E-state index in [0.717, 1.165) is 11.6 Å². The van der Waals surface area contributed by atoms with Crippen molar-refractivity contribution in [1.82, 2.24) is 14.8 Å². The molecule has 2 aromatic rings. The maximum absolute atomic E-state index is 5.64. The molecule has 0 radical (unpaired) electrons. The molecular weight excluding hydrogens is 250 g/mol. The lowest BCUT2D eigenvalue weighted by Crippen LogP contribution is -2.10. The van der Waals surface area contributed by atoms with Gasteiger partial charge in [-0.15, -0.1) is 0 Å². The monoisotopic (exact) mass is 265 g/mol. The molecule has 18 heavy (non-hydrogen) atoms. The van der Waals surface area contributed by atoms with Crippen LogP contribution in [0.25, 0.3) is 0 Å². The van der Waals surface area contributed by atoms with Gasteiger partial charge in [0.05, 0.1) is 13.2 Å². The molecule has 0 atom stereocenters. The number of aromatic nitrogens is 3. The first-order valence-corrected chi connectivity index (χ1v) is 6.03. The molecule has 1 N–H and O–H groups in total. The molecule has 5 nitrogen and oxygen atoms in total. The number of aromatic amines is 1. The molecular formula is C12H15N3O2S. The molecule has 0 fully saturated rings. The van der Waals surface area contributed by atoms with Crippen molar-refractivity contribution < 1.29 is 9.47 Å². The van der Waals surface area contributed by atoms with Gasteiger partial charge < -0.3 is 9.47 Å². The van der Waals surface area contributed by atoms with Gasteiger partial charge in [0.2, 0.25) is 0 Å². The van der Waals surface area contributed by atoms with E-state index in [-0.39, 0.29) is 0 Å². The van der Waals surface area contributed by atoms with Crippen LogP contribution in [0.4, 0.5) is 0 Å². The van der Waals surface area contributed by atoms with Crippen molar-refractivity contribution >= 4 is 12.2 Å². The molecule has 2 rings (SSSR count). The number of H-pyrrole nitrogens is 1. The van der Waals surface area contributed by atoms with Crippen molar-refractivity contribution in [2.75, 3.05) is 13.7 Å². The van der Waals surface area contributed by atoms with E-state index in [2.05, 4.69) is 10.2 Å². The average molecular weight is 265 g/mol. The summed E-state index contributed by atoms with van der Waals surface area (Å²) in [6.45, 7) is 1.63. The summed E-state index contributed by atoms with van der Waals surface area (Å²) >= 11 is 5.15. The number of hydrogen-bond donors (Lipinski definition) is 1. The second-order valence-corrected chi connectivity index (χ2v) is 4.08. The number of rotatable bonds is 6. The Morgan fingerprint density at radius 2 is 2.11 bits per heavy atom. The zero-order valence-electron chi connectivity index (χ0n) is 10.1. The van der Waals surface area contributed by atoms with Gasteiger partial charge in [0.1, 0.15) is 12.4 Å². The first-order valence-electron chi connectivity index (χ1n) is 5.62. The Morgan fingerprint density at radius 3 is 2.83 bits per heavy atom. The smallest absolute Gasteiger partial charge is 0.195 e. The third kappa shape index (κ3) is 3.18. The van der Waals surface area contributed by atoms with Crippen molar-refractivity contribution in [2.24, 2.45) is 0 Å². The summed E-state index contributed by atoms with van der Waals surface area (Å²) in [7, 11) is 1.66. The fourth-order valence-corrected chi connectivity index (χ4v) is 1.78. The van der Waals surface area contributed by atoms with Crippen LogP contribution in [-0.2, 0) is 17.9 Å². The SMILES string of the molecule is COCCn1c(COc2ccccc2)n[nH]c1=S. The number of benzene rings is 1. The van der Waals surface area contributed by atoms with Gasteiger partial charge in [0, 0.05) is 7.11 Å². The van der Waals surface area contributed by atoms with E-state index in [1.165, 1.54) is 0 Å². The molecule has 0 spiro atoms. The average Bonchev–Trinajstić information content (AvgIpc) is 2.76. The molecule has 0 bridgehead atoms. The van der Waals surface area contributed by atoms with Crippen LogP contribution in [0.1, 0.15) is 5.82 Å². The van der Waals surface area contributed by atoms with Gasteiger partial charge in [0.15, 0.2) is 10.6 Å². The van der Waals surface area contributed by atoms with Crippen molar-refractivity contribution in [3.05, 3.63) is 40.9 Å². The quantitative estimate of drug-likeness (QED) is 0.813. The highest BCUT2D eigenvalue weighted by Crippen LogP contribution is 2.10. The van der Waals surface area contributed by atoms with Crippen LogP contribution in [0, 0.1) is 4.77 Å². The van der Waals surface area contributed by atoms with Crippen molar-refractivity contribution in [1.29, 1.82) is 0 Å². The van der Waals surface area contributed by atoms with Crippen LogP contribution in [0.2, 0.25) is 0 Å². The standard InChI is InChI=1S/C12H15N3O2S/c1-16-8-7-15-11(13-14-12(15)18)9-17-10-5-3-2-4-6-10/h2-6H,7-9H2,1H3,(H,14,18). The fraction of sp³-hybridized carbons (Fsp3) is 0.333. The number of para-hydroxylation sites is 1. The zero-order chi connectivity index (χ0) is 12.8. The number of methoxy groups -OCH3 is 1. The highest BCUT2D eigenvalue weighted by molar-refractivity contribution is 7.71. The Bertz CT molecular complexity index is 536. The minimum Gasteiger partial charge on any atom is -0.486 e. The Hall–Kier alpha value is -1.66. The second-order valence-electron chi connectivity index (χ2n) is 3.69. The Kier molecular flexibility index (Phi) is 4.49. The van der Waals surface area contributed by atoms with Crippen LogP contribution < -0.4 is 4.74 Å². The number of ether oxygens (including phenoxy) is 2. The molecule has 1 aromatic carbocycles. The van der Waals surface area contributed by atoms with E-state index in [4.69, 9.17) is 21.7 Å². The first kappa shape index (κ1) is 12.8. The van der Waals surface area contributed by atoms with E-state index in [1.54, 1.807) is 7.11 Å². The van der Waals surface area contributed by atoms with E-state index in [9.17, 15) is 0 Å². The van der Waals surface area contributed by atoms with Crippen LogP contribution in [0.3, 0.4) is 0 Å². The molecule has 6 heteroatoms. The summed E-state index contributed by atoms with van der Waals surface area (Å²) in [5, 5.41) is 6.91. The minimum absolute atomic E-state index is 0.376. The predicted molar refractivity (Wildman–Crippen MR) is 70.1 cm³/mol. The lowest BCUT2D eigenvalue weighted by molar-refractivity contribution is 0.183. The third-order valence-electron chi connectivity index (χ3n) is 2.47. The van der Waals surface area contributed by atoms with Gasteiger partial charge in [-0.05, 0) is 24.4 Å². The van der Waals surface area contributed by atoms with E-state index in [0.29, 0.717) is 24.5 Å². The van der Waals surface area contributed by atoms with Gasteiger partial charge in [-0.2, -0.15) is 5.10 Å². The lowest BCUT2D eigenvalue weighted by Gasteiger charge is -2.07. The summed E-state index contributed by atoms with van der Waals surface area (Å²) in [5.41, 5.74) is 0. The molecule has 96 valence electrons. The molecule has 0 aliphatic carbocycles. The van der Waals surface area contributed by atoms with Crippen LogP contribution in [-0.4, -0.2) is 28.5 Å². The Labute approximate surface area is 110 Å². The molecule has 0 aliphatic heterocycles. The largest absolute Gasteiger partial charge is 0.486 e. The van der Waals surface area contributed by atoms with Crippen LogP contribution in [0.5, 0.6) is 5.75 Å². The van der Waals surface area contributed by atoms with Gasteiger partial charge in [-0.25, -0.2) is 0 Å². The van der Waals surface area contributed by atoms with Crippen molar-refractivity contribution in [2.45, 2.75) is 13.2 Å². The molecule has 0 unspecified atom stereocenters. The second kappa shape index (κ2) is 6.32. The molecule has 1 heterocycles. The highest BCUT2D eigenvalue weighted by atomic mass is 32.1. The third-order valence-corrected chi connectivity index (χ3v) is 2.78. The zero-order valence-corrected chi connectivity index (χ0v) is 10.9. The fourth-order valence-electron chi connectivity index (χ4n) is 1.54. The molecule has 1 aromatic heterocycles. The number of nitrogens with one attached hydrogen (secondary N) is 1. The summed E-state index contributed by atoms with van der Waals surface area (Å²) in [6, 6.07) is 9.61. The summed E-state index contributed by atoms with van der Waals surface area (Å²) in [4.78, 5) is 0. The van der Waals surface area contributed by atoms with Gasteiger partial charge >= 0.3 is 0 Å². The maximum Gasteiger partial charge on any atom is 0.195 e. The molecule has 0 saturated carbocycles. The van der Waals surface area contributed by atoms with Crippen molar-refractivity contribution in [3.8, 4) is 5.75 Å². The summed E-state index contributed by atoms with van der Waals surface area (Å²) in [6.07, 6.45) is 0. The van der Waals surface area contributed by atoms with Crippen LogP contribution >= 0.6 is 12.2 Å². The lowest BCUT2D eigenvalue weighted by atomic mass is 10.3. The van der Waals surface area contributed by atoms with Gasteiger partial charge in [-0.1, -0.05) is 18.2 Å². The predicted octanol–water partition coefficient (Wildman–Crippen LogP) is 2.17. The van der Waals surface area contributed by atoms with Gasteiger partial charge in [0.25, 0.3) is 0 Å². The summed E-state index contributed by atoms with van der Waals surface area (Å²) in [5.74, 6) is 1.57. The van der Waals surface area contributed by atoms with Crippen LogP contribution in [0.15, 0.2) is 30.3 Å². The normalized spacial score (nSPS) is 10.5. The minimum atomic E-state index is 0.376. The van der Waals surface area contributed by atoms with E-state index >= 15 is 0 Å². The number of nitrogens with zero attached hydrogens (tertiary/aromatic N) is 2. The van der Waals surface area contributed by atoms with E-state index < -0.39 is 0 Å². The number of hydrogen-bond acceptors (Lipinski definition) is 4. The van der Waals surface area contributed by atoms with Crippen molar-refractivity contribution in [3.63, 3.8) is 0 Å². The maximum atomic E-state index is 5.64. The topological polar surface area (TPSA) is 52.1 Å². The molecule has 0 aliphatic rings. The highest BCUT2D eigenvalue weighted by Gasteiger charge is 2.06. The first-order chi connectivity index (χ1) is 8.81.